The number of nitro groups is 1. The fourth-order valence-electron chi connectivity index (χ4n) is 1.19. The van der Waals surface area contributed by atoms with Crippen molar-refractivity contribution in [1.82, 2.24) is 10.3 Å². The van der Waals surface area contributed by atoms with Gasteiger partial charge in [0.05, 0.1) is 6.61 Å². The van der Waals surface area contributed by atoms with Crippen LogP contribution in [-0.2, 0) is 0 Å². The Morgan fingerprint density at radius 2 is 2.44 bits per heavy atom. The van der Waals surface area contributed by atoms with Crippen LogP contribution in [0.15, 0.2) is 18.3 Å². The molecule has 0 bridgehead atoms. The lowest BCUT2D eigenvalue weighted by molar-refractivity contribution is -0.390. The summed E-state index contributed by atoms with van der Waals surface area (Å²) in [4.78, 5) is 13.7. The molecular weight excluding hydrogens is 210 g/mol. The number of pyridine rings is 1. The third-order valence-electron chi connectivity index (χ3n) is 1.93. The monoisotopic (exact) mass is 225 g/mol. The molecule has 1 rings (SSSR count). The van der Waals surface area contributed by atoms with E-state index in [1.807, 2.05) is 6.92 Å². The van der Waals surface area contributed by atoms with Crippen LogP contribution in [0.4, 0.5) is 5.82 Å². The van der Waals surface area contributed by atoms with Gasteiger partial charge in [-0.2, -0.15) is 0 Å². The predicted molar refractivity (Wildman–Crippen MR) is 59.5 cm³/mol. The van der Waals surface area contributed by atoms with Crippen molar-refractivity contribution in [3.05, 3.63) is 28.4 Å². The summed E-state index contributed by atoms with van der Waals surface area (Å²) in [5.74, 6) is -0.00468. The highest BCUT2D eigenvalue weighted by Crippen LogP contribution is 2.22. The maximum atomic E-state index is 10.6. The maximum absolute atomic E-state index is 10.6. The SMILES string of the molecule is CCNCCCOc1cccnc1[N+](=O)[O-]. The van der Waals surface area contributed by atoms with Crippen LogP contribution in [0.3, 0.4) is 0 Å². The Kier molecular flexibility index (Phi) is 5.21. The highest BCUT2D eigenvalue weighted by atomic mass is 16.6. The summed E-state index contributed by atoms with van der Waals surface area (Å²) in [6, 6.07) is 3.17. The molecule has 1 aromatic rings. The van der Waals surface area contributed by atoms with E-state index >= 15 is 0 Å². The molecule has 0 amide bonds. The van der Waals surface area contributed by atoms with E-state index in [0.29, 0.717) is 6.61 Å². The first-order valence-corrected chi connectivity index (χ1v) is 5.18. The first kappa shape index (κ1) is 12.4. The van der Waals surface area contributed by atoms with Gasteiger partial charge in [-0.05, 0) is 41.6 Å². The predicted octanol–water partition coefficient (Wildman–Crippen LogP) is 1.37. The Labute approximate surface area is 93.8 Å². The van der Waals surface area contributed by atoms with Crippen LogP contribution in [0.25, 0.3) is 0 Å². The molecule has 16 heavy (non-hydrogen) atoms. The second-order valence-corrected chi connectivity index (χ2v) is 3.14. The number of aromatic nitrogens is 1. The molecule has 0 aliphatic carbocycles. The number of rotatable bonds is 7. The normalized spacial score (nSPS) is 10.1. The van der Waals surface area contributed by atoms with Crippen molar-refractivity contribution >= 4 is 5.82 Å². The highest BCUT2D eigenvalue weighted by molar-refractivity contribution is 5.38. The number of ether oxygens (including phenoxy) is 1. The van der Waals surface area contributed by atoms with Gasteiger partial charge in [0.25, 0.3) is 0 Å². The van der Waals surface area contributed by atoms with E-state index in [1.54, 1.807) is 12.1 Å². The molecule has 1 N–H and O–H groups in total. The quantitative estimate of drug-likeness (QED) is 0.431. The van der Waals surface area contributed by atoms with Crippen LogP contribution >= 0.6 is 0 Å². The molecular formula is C10H15N3O3. The summed E-state index contributed by atoms with van der Waals surface area (Å²) in [5, 5.41) is 13.8. The summed E-state index contributed by atoms with van der Waals surface area (Å²) >= 11 is 0. The summed E-state index contributed by atoms with van der Waals surface area (Å²) in [5.41, 5.74) is 0. The van der Waals surface area contributed by atoms with E-state index in [0.717, 1.165) is 19.5 Å². The lowest BCUT2D eigenvalue weighted by atomic mass is 10.4. The maximum Gasteiger partial charge on any atom is 0.406 e. The van der Waals surface area contributed by atoms with Gasteiger partial charge >= 0.3 is 5.82 Å². The number of nitrogens with one attached hydrogen (secondary N) is 1. The fourth-order valence-corrected chi connectivity index (χ4v) is 1.19. The summed E-state index contributed by atoms with van der Waals surface area (Å²) < 4.78 is 5.30. The van der Waals surface area contributed by atoms with Crippen LogP contribution in [0.2, 0.25) is 0 Å². The van der Waals surface area contributed by atoms with Crippen LogP contribution in [-0.4, -0.2) is 29.6 Å². The lowest BCUT2D eigenvalue weighted by Gasteiger charge is -2.05. The number of hydrogen-bond donors (Lipinski definition) is 1. The molecule has 6 heteroatoms. The zero-order chi connectivity index (χ0) is 11.8. The van der Waals surface area contributed by atoms with Crippen LogP contribution in [0.5, 0.6) is 5.75 Å². The third-order valence-corrected chi connectivity index (χ3v) is 1.93. The minimum Gasteiger partial charge on any atom is -0.486 e. The standard InChI is InChI=1S/C10H15N3O3/c1-2-11-6-4-8-16-9-5-3-7-12-10(9)13(14)15/h3,5,7,11H,2,4,6,8H2,1H3. The fraction of sp³-hybridized carbons (Fsp3) is 0.500. The van der Waals surface area contributed by atoms with Gasteiger partial charge in [0.2, 0.25) is 5.75 Å². The second-order valence-electron chi connectivity index (χ2n) is 3.14. The average Bonchev–Trinajstić information content (AvgIpc) is 2.29. The first-order chi connectivity index (χ1) is 7.75. The Bertz CT molecular complexity index is 344. The smallest absolute Gasteiger partial charge is 0.406 e. The van der Waals surface area contributed by atoms with Crippen LogP contribution < -0.4 is 10.1 Å². The van der Waals surface area contributed by atoms with Gasteiger partial charge in [-0.15, -0.1) is 0 Å². The van der Waals surface area contributed by atoms with Crippen molar-refractivity contribution in [2.24, 2.45) is 0 Å². The van der Waals surface area contributed by atoms with Gasteiger partial charge in [0.15, 0.2) is 0 Å². The Morgan fingerprint density at radius 1 is 1.62 bits per heavy atom. The van der Waals surface area contributed by atoms with Crippen molar-refractivity contribution in [3.63, 3.8) is 0 Å². The molecule has 0 radical (unpaired) electrons. The Balaban J connectivity index is 2.44. The molecule has 0 spiro atoms. The first-order valence-electron chi connectivity index (χ1n) is 5.18. The molecule has 1 aromatic heterocycles. The van der Waals surface area contributed by atoms with Gasteiger partial charge in [0.1, 0.15) is 6.20 Å². The third kappa shape index (κ3) is 3.82. The van der Waals surface area contributed by atoms with E-state index in [4.69, 9.17) is 4.74 Å². The minimum absolute atomic E-state index is 0.226. The molecule has 0 aliphatic rings. The van der Waals surface area contributed by atoms with Crippen LogP contribution in [0.1, 0.15) is 13.3 Å². The Hall–Kier alpha value is -1.69. The van der Waals surface area contributed by atoms with E-state index in [1.165, 1.54) is 6.20 Å². The highest BCUT2D eigenvalue weighted by Gasteiger charge is 2.14. The molecule has 0 saturated carbocycles. The molecule has 0 atom stereocenters. The molecule has 6 nitrogen and oxygen atoms in total. The zero-order valence-electron chi connectivity index (χ0n) is 9.18. The lowest BCUT2D eigenvalue weighted by Crippen LogP contribution is -2.16. The van der Waals surface area contributed by atoms with Crippen molar-refractivity contribution < 1.29 is 9.66 Å². The summed E-state index contributed by atoms with van der Waals surface area (Å²) in [6.07, 6.45) is 2.18. The number of nitrogens with zero attached hydrogens (tertiary/aromatic N) is 2. The minimum atomic E-state index is -0.542. The molecule has 0 saturated heterocycles. The van der Waals surface area contributed by atoms with Crippen molar-refractivity contribution in [3.8, 4) is 5.75 Å². The van der Waals surface area contributed by atoms with Crippen molar-refractivity contribution in [1.29, 1.82) is 0 Å². The van der Waals surface area contributed by atoms with E-state index in [9.17, 15) is 10.1 Å². The zero-order valence-corrected chi connectivity index (χ0v) is 9.18. The van der Waals surface area contributed by atoms with Crippen LogP contribution in [0, 0.1) is 10.1 Å². The molecule has 0 aliphatic heterocycles. The van der Waals surface area contributed by atoms with Crippen molar-refractivity contribution in [2.45, 2.75) is 13.3 Å². The van der Waals surface area contributed by atoms with Crippen molar-refractivity contribution in [2.75, 3.05) is 19.7 Å². The largest absolute Gasteiger partial charge is 0.486 e. The van der Waals surface area contributed by atoms with Gasteiger partial charge in [0, 0.05) is 0 Å². The summed E-state index contributed by atoms with van der Waals surface area (Å²) in [7, 11) is 0. The molecule has 0 aromatic carbocycles. The van der Waals surface area contributed by atoms with Gasteiger partial charge in [-0.3, -0.25) is 0 Å². The second kappa shape index (κ2) is 6.73. The van der Waals surface area contributed by atoms with E-state index < -0.39 is 4.92 Å². The van der Waals surface area contributed by atoms with E-state index in [-0.39, 0.29) is 11.6 Å². The topological polar surface area (TPSA) is 77.3 Å². The van der Waals surface area contributed by atoms with Gasteiger partial charge in [-0.1, -0.05) is 6.92 Å². The molecule has 88 valence electrons. The summed E-state index contributed by atoms with van der Waals surface area (Å²) in [6.45, 7) is 4.21. The average molecular weight is 225 g/mol. The van der Waals surface area contributed by atoms with Gasteiger partial charge in [-0.25, -0.2) is 0 Å². The Morgan fingerprint density at radius 3 is 3.12 bits per heavy atom. The van der Waals surface area contributed by atoms with E-state index in [2.05, 4.69) is 10.3 Å². The molecule has 0 fully saturated rings. The number of hydrogen-bond acceptors (Lipinski definition) is 5. The molecule has 0 unspecified atom stereocenters. The molecule has 1 heterocycles. The van der Waals surface area contributed by atoms with Gasteiger partial charge < -0.3 is 20.2 Å².